The Morgan fingerprint density at radius 1 is 1.52 bits per heavy atom. The van der Waals surface area contributed by atoms with Crippen molar-refractivity contribution in [1.29, 1.82) is 0 Å². The summed E-state index contributed by atoms with van der Waals surface area (Å²) in [5, 5.41) is 9.79. The van der Waals surface area contributed by atoms with E-state index in [4.69, 9.17) is 0 Å². The van der Waals surface area contributed by atoms with Crippen LogP contribution in [0, 0.1) is 5.82 Å². The van der Waals surface area contributed by atoms with Crippen LogP contribution < -0.4 is 10.6 Å². The van der Waals surface area contributed by atoms with Crippen molar-refractivity contribution in [2.45, 2.75) is 13.0 Å². The lowest BCUT2D eigenvalue weighted by Gasteiger charge is -2.12. The van der Waals surface area contributed by atoms with Gasteiger partial charge in [0.15, 0.2) is 0 Å². The number of para-hydroxylation sites is 1. The number of benzene rings is 1. The van der Waals surface area contributed by atoms with E-state index >= 15 is 0 Å². The van der Waals surface area contributed by atoms with Crippen molar-refractivity contribution in [1.82, 2.24) is 15.1 Å². The predicted octanol–water partition coefficient (Wildman–Crippen LogP) is 2.11. The zero-order valence-electron chi connectivity index (χ0n) is 11.7. The van der Waals surface area contributed by atoms with Crippen LogP contribution >= 0.6 is 0 Å². The molecule has 0 saturated heterocycles. The Morgan fingerprint density at radius 3 is 3.00 bits per heavy atom. The molecule has 0 spiro atoms. The number of carbonyl (C=O) groups is 1. The van der Waals surface area contributed by atoms with Gasteiger partial charge in [-0.05, 0) is 19.1 Å². The van der Waals surface area contributed by atoms with Crippen molar-refractivity contribution < 1.29 is 9.18 Å². The van der Waals surface area contributed by atoms with Crippen LogP contribution in [0.15, 0.2) is 49.3 Å². The molecule has 0 aliphatic heterocycles. The Labute approximate surface area is 122 Å². The third kappa shape index (κ3) is 3.68. The van der Waals surface area contributed by atoms with Crippen LogP contribution in [-0.4, -0.2) is 28.3 Å². The minimum atomic E-state index is -0.428. The molecule has 2 N–H and O–H groups in total. The van der Waals surface area contributed by atoms with E-state index in [1.807, 2.05) is 0 Å². The van der Waals surface area contributed by atoms with Crippen LogP contribution in [-0.2, 0) is 4.79 Å². The van der Waals surface area contributed by atoms with Crippen molar-refractivity contribution in [3.05, 3.63) is 55.1 Å². The van der Waals surface area contributed by atoms with Crippen LogP contribution in [0.1, 0.15) is 6.92 Å². The van der Waals surface area contributed by atoms with Gasteiger partial charge >= 0.3 is 0 Å². The molecule has 1 heterocycles. The van der Waals surface area contributed by atoms with Gasteiger partial charge in [-0.15, -0.1) is 6.58 Å². The van der Waals surface area contributed by atoms with Crippen molar-refractivity contribution in [2.75, 3.05) is 11.9 Å². The summed E-state index contributed by atoms with van der Waals surface area (Å²) in [5.74, 6) is -0.502. The molecule has 2 rings (SSSR count). The summed E-state index contributed by atoms with van der Waals surface area (Å²) in [5.41, 5.74) is 0.994. The van der Waals surface area contributed by atoms with Crippen LogP contribution in [0.4, 0.5) is 10.1 Å². The average molecular weight is 288 g/mol. The fourth-order valence-electron chi connectivity index (χ4n) is 1.81. The maximum Gasteiger partial charge on any atom is 0.242 e. The first kappa shape index (κ1) is 14.8. The lowest BCUT2D eigenvalue weighted by atomic mass is 10.3. The Hall–Kier alpha value is -2.63. The monoisotopic (exact) mass is 288 g/mol. The van der Waals surface area contributed by atoms with Crippen molar-refractivity contribution >= 4 is 11.6 Å². The lowest BCUT2D eigenvalue weighted by molar-refractivity contribution is -0.121. The first-order chi connectivity index (χ1) is 10.1. The molecule has 110 valence electrons. The quantitative estimate of drug-likeness (QED) is 0.800. The molecular formula is C15H17FN4O. The van der Waals surface area contributed by atoms with E-state index in [1.165, 1.54) is 10.7 Å². The fourth-order valence-corrected chi connectivity index (χ4v) is 1.81. The van der Waals surface area contributed by atoms with Crippen molar-refractivity contribution in [2.24, 2.45) is 0 Å². The smallest absolute Gasteiger partial charge is 0.242 e. The van der Waals surface area contributed by atoms with Gasteiger partial charge in [0.2, 0.25) is 5.91 Å². The van der Waals surface area contributed by atoms with Crippen molar-refractivity contribution in [3.63, 3.8) is 0 Å². The highest BCUT2D eigenvalue weighted by Crippen LogP contribution is 2.15. The Bertz CT molecular complexity index is 638. The number of hydrogen-bond donors (Lipinski definition) is 2. The molecule has 0 unspecified atom stereocenters. The Morgan fingerprint density at radius 2 is 2.29 bits per heavy atom. The molecule has 6 heteroatoms. The van der Waals surface area contributed by atoms with E-state index in [1.54, 1.807) is 43.6 Å². The first-order valence-corrected chi connectivity index (χ1v) is 6.56. The number of nitrogens with zero attached hydrogens (tertiary/aromatic N) is 2. The van der Waals surface area contributed by atoms with E-state index in [2.05, 4.69) is 22.3 Å². The molecule has 0 bridgehead atoms. The van der Waals surface area contributed by atoms with E-state index in [-0.39, 0.29) is 11.7 Å². The molecule has 1 aromatic carbocycles. The number of halogens is 1. The maximum absolute atomic E-state index is 13.7. The Kier molecular flexibility index (Phi) is 4.71. The van der Waals surface area contributed by atoms with Crippen molar-refractivity contribution in [3.8, 4) is 5.69 Å². The molecule has 0 fully saturated rings. The SMILES string of the molecule is C=CCNC(=O)[C@H](C)Nc1cnn(-c2ccccc2F)c1. The fraction of sp³-hybridized carbons (Fsp3) is 0.200. The topological polar surface area (TPSA) is 59.0 Å². The minimum absolute atomic E-state index is 0.145. The second-order valence-corrected chi connectivity index (χ2v) is 4.52. The number of aromatic nitrogens is 2. The molecule has 1 amide bonds. The van der Waals surface area contributed by atoms with Gasteiger partial charge in [0.1, 0.15) is 17.5 Å². The van der Waals surface area contributed by atoms with E-state index < -0.39 is 6.04 Å². The molecule has 21 heavy (non-hydrogen) atoms. The van der Waals surface area contributed by atoms with Gasteiger partial charge < -0.3 is 10.6 Å². The molecule has 2 aromatic rings. The summed E-state index contributed by atoms with van der Waals surface area (Å²) >= 11 is 0. The highest BCUT2D eigenvalue weighted by molar-refractivity contribution is 5.84. The molecule has 0 aliphatic rings. The van der Waals surface area contributed by atoms with E-state index in [0.29, 0.717) is 17.9 Å². The van der Waals surface area contributed by atoms with Gasteiger partial charge in [0.05, 0.1) is 18.1 Å². The zero-order chi connectivity index (χ0) is 15.2. The highest BCUT2D eigenvalue weighted by atomic mass is 19.1. The minimum Gasteiger partial charge on any atom is -0.371 e. The number of amides is 1. The summed E-state index contributed by atoms with van der Waals surface area (Å²) in [6.07, 6.45) is 4.79. The van der Waals surface area contributed by atoms with E-state index in [0.717, 1.165) is 0 Å². The molecule has 0 aliphatic carbocycles. The van der Waals surface area contributed by atoms with Crippen LogP contribution in [0.25, 0.3) is 5.69 Å². The van der Waals surface area contributed by atoms with Crippen LogP contribution in [0.5, 0.6) is 0 Å². The van der Waals surface area contributed by atoms with Crippen LogP contribution in [0.3, 0.4) is 0 Å². The standard InChI is InChI=1S/C15H17FN4O/c1-3-8-17-15(21)11(2)19-12-9-18-20(10-12)14-7-5-4-6-13(14)16/h3-7,9-11,19H,1,8H2,2H3,(H,17,21)/t11-/m0/s1. The third-order valence-electron chi connectivity index (χ3n) is 2.88. The summed E-state index contributed by atoms with van der Waals surface area (Å²) in [6.45, 7) is 5.69. The van der Waals surface area contributed by atoms with Crippen LogP contribution in [0.2, 0.25) is 0 Å². The maximum atomic E-state index is 13.7. The second-order valence-electron chi connectivity index (χ2n) is 4.52. The largest absolute Gasteiger partial charge is 0.371 e. The van der Waals surface area contributed by atoms with Gasteiger partial charge in [0, 0.05) is 6.54 Å². The first-order valence-electron chi connectivity index (χ1n) is 6.56. The summed E-state index contributed by atoms with van der Waals surface area (Å²) < 4.78 is 15.1. The van der Waals surface area contributed by atoms with Gasteiger partial charge in [0.25, 0.3) is 0 Å². The van der Waals surface area contributed by atoms with Gasteiger partial charge in [-0.1, -0.05) is 18.2 Å². The third-order valence-corrected chi connectivity index (χ3v) is 2.88. The predicted molar refractivity (Wildman–Crippen MR) is 79.8 cm³/mol. The number of hydrogen-bond acceptors (Lipinski definition) is 3. The molecule has 0 saturated carbocycles. The average Bonchev–Trinajstić information content (AvgIpc) is 2.93. The molecule has 0 radical (unpaired) electrons. The van der Waals surface area contributed by atoms with E-state index in [9.17, 15) is 9.18 Å². The highest BCUT2D eigenvalue weighted by Gasteiger charge is 2.13. The number of nitrogens with one attached hydrogen (secondary N) is 2. The van der Waals surface area contributed by atoms with Gasteiger partial charge in [-0.2, -0.15) is 5.10 Å². The summed E-state index contributed by atoms with van der Waals surface area (Å²) in [4.78, 5) is 11.7. The number of carbonyl (C=O) groups excluding carboxylic acids is 1. The Balaban J connectivity index is 2.05. The molecular weight excluding hydrogens is 271 g/mol. The lowest BCUT2D eigenvalue weighted by Crippen LogP contribution is -2.37. The molecule has 5 nitrogen and oxygen atoms in total. The zero-order valence-corrected chi connectivity index (χ0v) is 11.7. The summed E-state index contributed by atoms with van der Waals surface area (Å²) in [6, 6.07) is 5.93. The second kappa shape index (κ2) is 6.69. The number of rotatable bonds is 6. The van der Waals surface area contributed by atoms with Gasteiger partial charge in [-0.25, -0.2) is 9.07 Å². The molecule has 1 aromatic heterocycles. The summed E-state index contributed by atoms with van der Waals surface area (Å²) in [7, 11) is 0. The molecule has 1 atom stereocenters. The normalized spacial score (nSPS) is 11.7. The van der Waals surface area contributed by atoms with Gasteiger partial charge in [-0.3, -0.25) is 4.79 Å². The number of anilines is 1.